The molecule has 0 saturated carbocycles. The van der Waals surface area contributed by atoms with E-state index >= 15 is 0 Å². The van der Waals surface area contributed by atoms with Crippen LogP contribution < -0.4 is 10.1 Å². The van der Waals surface area contributed by atoms with Gasteiger partial charge in [-0.25, -0.2) is 18.2 Å². The van der Waals surface area contributed by atoms with Crippen LogP contribution in [0.2, 0.25) is 5.02 Å². The standard InChI is InChI=1S/C16H16BrClF3N3O3S/c1-28-16-23-13-9(15(25)24-16)14(11(18)10(17)12(13)21)27-4-6-3-26-5-7(6)22-2-8(19)20/h6-8,22H,2-5H2,1H3,(H,23,24,25). The zero-order chi connectivity index (χ0) is 20.4. The molecule has 2 heterocycles. The highest BCUT2D eigenvalue weighted by atomic mass is 79.9. The summed E-state index contributed by atoms with van der Waals surface area (Å²) in [5.41, 5.74) is -0.141. The molecule has 12 heteroatoms. The second kappa shape index (κ2) is 9.21. The van der Waals surface area contributed by atoms with E-state index in [0.29, 0.717) is 6.61 Å². The molecular formula is C16H16BrClF3N3O3S. The Hall–Kier alpha value is -1.01. The highest BCUT2D eigenvalue weighted by Gasteiger charge is 2.31. The number of rotatable bonds is 7. The highest BCUT2D eigenvalue weighted by Crippen LogP contribution is 2.44. The highest BCUT2D eigenvalue weighted by molar-refractivity contribution is 9.10. The molecule has 2 aromatic rings. The van der Waals surface area contributed by atoms with Crippen molar-refractivity contribution >= 4 is 50.2 Å². The number of alkyl halides is 2. The van der Waals surface area contributed by atoms with Gasteiger partial charge in [0.1, 0.15) is 15.9 Å². The zero-order valence-corrected chi connectivity index (χ0v) is 17.7. The summed E-state index contributed by atoms with van der Waals surface area (Å²) in [5.74, 6) is -1.44. The van der Waals surface area contributed by atoms with Crippen molar-refractivity contribution in [3.05, 3.63) is 15.3 Å². The molecule has 28 heavy (non-hydrogen) atoms. The molecule has 2 unspecified atom stereocenters. The molecule has 0 amide bonds. The number of aromatic hydroxyl groups is 1. The van der Waals surface area contributed by atoms with Gasteiger partial charge in [-0.15, -0.1) is 0 Å². The third kappa shape index (κ3) is 4.43. The maximum Gasteiger partial charge on any atom is 0.250 e. The lowest BCUT2D eigenvalue weighted by Crippen LogP contribution is -2.40. The van der Waals surface area contributed by atoms with Crippen molar-refractivity contribution in [2.45, 2.75) is 17.6 Å². The number of hydrogen-bond donors (Lipinski definition) is 2. The lowest BCUT2D eigenvalue weighted by atomic mass is 10.1. The Balaban J connectivity index is 1.90. The van der Waals surface area contributed by atoms with Crippen molar-refractivity contribution in [3.8, 4) is 11.6 Å². The molecule has 6 nitrogen and oxygen atoms in total. The van der Waals surface area contributed by atoms with Crippen LogP contribution in [0, 0.1) is 11.7 Å². The number of nitrogens with zero attached hydrogens (tertiary/aromatic N) is 2. The third-order valence-electron chi connectivity index (χ3n) is 4.25. The van der Waals surface area contributed by atoms with Gasteiger partial charge in [0.25, 0.3) is 6.43 Å². The van der Waals surface area contributed by atoms with Gasteiger partial charge in [-0.2, -0.15) is 4.98 Å². The van der Waals surface area contributed by atoms with E-state index in [-0.39, 0.29) is 56.5 Å². The summed E-state index contributed by atoms with van der Waals surface area (Å²) in [6, 6.07) is -0.323. The Morgan fingerprint density at radius 2 is 2.18 bits per heavy atom. The fraction of sp³-hybridized carbons (Fsp3) is 0.500. The van der Waals surface area contributed by atoms with E-state index < -0.39 is 24.7 Å². The largest absolute Gasteiger partial charge is 0.493 e. The van der Waals surface area contributed by atoms with Crippen molar-refractivity contribution in [2.75, 3.05) is 32.6 Å². The molecule has 1 aliphatic rings. The summed E-state index contributed by atoms with van der Waals surface area (Å²) >= 11 is 10.4. The van der Waals surface area contributed by atoms with Crippen molar-refractivity contribution in [1.29, 1.82) is 0 Å². The van der Waals surface area contributed by atoms with Crippen LogP contribution in [0.1, 0.15) is 0 Å². The predicted molar refractivity (Wildman–Crippen MR) is 103 cm³/mol. The van der Waals surface area contributed by atoms with E-state index in [1.807, 2.05) is 0 Å². The van der Waals surface area contributed by atoms with E-state index in [4.69, 9.17) is 21.1 Å². The molecule has 1 fully saturated rings. The van der Waals surface area contributed by atoms with Gasteiger partial charge in [-0.1, -0.05) is 23.4 Å². The van der Waals surface area contributed by atoms with Crippen LogP contribution in [0.3, 0.4) is 0 Å². The summed E-state index contributed by atoms with van der Waals surface area (Å²) in [6.45, 7) is 0.172. The molecule has 2 atom stereocenters. The molecule has 154 valence electrons. The summed E-state index contributed by atoms with van der Waals surface area (Å²) in [7, 11) is 0. The van der Waals surface area contributed by atoms with Gasteiger partial charge < -0.3 is 19.9 Å². The molecule has 2 N–H and O–H groups in total. The van der Waals surface area contributed by atoms with Gasteiger partial charge in [0.2, 0.25) is 5.88 Å². The lowest BCUT2D eigenvalue weighted by molar-refractivity contribution is 0.134. The Morgan fingerprint density at radius 1 is 1.43 bits per heavy atom. The average molecular weight is 503 g/mol. The minimum Gasteiger partial charge on any atom is -0.493 e. The van der Waals surface area contributed by atoms with Crippen LogP contribution in [0.15, 0.2) is 9.63 Å². The summed E-state index contributed by atoms with van der Waals surface area (Å²) < 4.78 is 50.6. The fourth-order valence-corrected chi connectivity index (χ4v) is 3.81. The zero-order valence-electron chi connectivity index (χ0n) is 14.5. The van der Waals surface area contributed by atoms with Gasteiger partial charge in [0, 0.05) is 12.0 Å². The van der Waals surface area contributed by atoms with Gasteiger partial charge >= 0.3 is 0 Å². The van der Waals surface area contributed by atoms with Crippen molar-refractivity contribution in [3.63, 3.8) is 0 Å². The van der Waals surface area contributed by atoms with Crippen molar-refractivity contribution < 1.29 is 27.8 Å². The molecule has 1 saturated heterocycles. The predicted octanol–water partition coefficient (Wildman–Crippen LogP) is 3.86. The number of aromatic nitrogens is 2. The molecule has 1 aromatic heterocycles. The number of hydrogen-bond acceptors (Lipinski definition) is 7. The molecule has 0 aliphatic carbocycles. The van der Waals surface area contributed by atoms with Crippen LogP contribution >= 0.6 is 39.3 Å². The van der Waals surface area contributed by atoms with Gasteiger partial charge in [0.05, 0.1) is 30.8 Å². The smallest absolute Gasteiger partial charge is 0.250 e. The molecule has 3 rings (SSSR count). The minimum absolute atomic E-state index is 0.00889. The SMILES string of the molecule is CSc1nc(O)c2c(OCC3COCC3NCC(F)F)c(Cl)c(Br)c(F)c2n1. The fourth-order valence-electron chi connectivity index (χ4n) is 2.85. The normalized spacial score (nSPS) is 19.7. The van der Waals surface area contributed by atoms with Crippen LogP contribution in [-0.4, -0.2) is 60.2 Å². The molecule has 0 spiro atoms. The Morgan fingerprint density at radius 3 is 2.86 bits per heavy atom. The molecule has 0 bridgehead atoms. The Bertz CT molecular complexity index is 880. The summed E-state index contributed by atoms with van der Waals surface area (Å²) in [4.78, 5) is 7.99. The molecule has 1 aliphatic heterocycles. The lowest BCUT2D eigenvalue weighted by Gasteiger charge is -2.21. The number of halogens is 5. The first-order chi connectivity index (χ1) is 13.3. The number of fused-ring (bicyclic) bond motifs is 1. The Labute approximate surface area is 176 Å². The monoisotopic (exact) mass is 501 g/mol. The van der Waals surface area contributed by atoms with E-state index in [2.05, 4.69) is 31.2 Å². The molecule has 0 radical (unpaired) electrons. The summed E-state index contributed by atoms with van der Waals surface area (Å²) in [6.07, 6.45) is -0.790. The first-order valence-electron chi connectivity index (χ1n) is 8.16. The number of nitrogens with one attached hydrogen (secondary N) is 1. The Kier molecular flexibility index (Phi) is 7.13. The van der Waals surface area contributed by atoms with Crippen LogP contribution in [0.5, 0.6) is 11.6 Å². The van der Waals surface area contributed by atoms with Crippen LogP contribution in [0.4, 0.5) is 13.2 Å². The maximum absolute atomic E-state index is 14.6. The van der Waals surface area contributed by atoms with Crippen molar-refractivity contribution in [1.82, 2.24) is 15.3 Å². The van der Waals surface area contributed by atoms with Crippen LogP contribution in [0.25, 0.3) is 10.9 Å². The van der Waals surface area contributed by atoms with Crippen molar-refractivity contribution in [2.24, 2.45) is 5.92 Å². The molecule has 1 aromatic carbocycles. The van der Waals surface area contributed by atoms with Crippen LogP contribution in [-0.2, 0) is 4.74 Å². The van der Waals surface area contributed by atoms with E-state index in [1.165, 1.54) is 0 Å². The first kappa shape index (κ1) is 21.7. The quantitative estimate of drug-likeness (QED) is 0.338. The molecular weight excluding hydrogens is 487 g/mol. The maximum atomic E-state index is 14.6. The minimum atomic E-state index is -2.48. The van der Waals surface area contributed by atoms with Gasteiger partial charge in [-0.3, -0.25) is 0 Å². The second-order valence-corrected chi connectivity index (χ2v) is 7.99. The van der Waals surface area contributed by atoms with E-state index in [1.54, 1.807) is 6.26 Å². The topological polar surface area (TPSA) is 76.5 Å². The number of ether oxygens (including phenoxy) is 2. The van der Waals surface area contributed by atoms with Gasteiger partial charge in [-0.05, 0) is 22.2 Å². The first-order valence-corrected chi connectivity index (χ1v) is 10.6. The summed E-state index contributed by atoms with van der Waals surface area (Å²) in [5, 5.41) is 13.1. The van der Waals surface area contributed by atoms with E-state index in [0.717, 1.165) is 11.8 Å². The van der Waals surface area contributed by atoms with Gasteiger partial charge in [0.15, 0.2) is 16.7 Å². The third-order valence-corrected chi connectivity index (χ3v) is 6.13. The number of thioether (sulfide) groups is 1. The van der Waals surface area contributed by atoms with E-state index in [9.17, 15) is 18.3 Å². The number of benzene rings is 1. The average Bonchev–Trinajstić information content (AvgIpc) is 3.12. The second-order valence-electron chi connectivity index (χ2n) is 6.04.